The third kappa shape index (κ3) is 6.00. The molecule has 1 aromatic carbocycles. The van der Waals surface area contributed by atoms with Crippen molar-refractivity contribution in [3.05, 3.63) is 24.3 Å². The molecule has 1 unspecified atom stereocenters. The van der Waals surface area contributed by atoms with Crippen LogP contribution in [0.15, 0.2) is 29.2 Å². The number of thioether (sulfide) groups is 1. The molecule has 1 atom stereocenters. The van der Waals surface area contributed by atoms with Crippen LogP contribution in [0.2, 0.25) is 0 Å². The lowest BCUT2D eigenvalue weighted by Crippen LogP contribution is -2.55. The molecule has 0 spiro atoms. The second kappa shape index (κ2) is 10.7. The van der Waals surface area contributed by atoms with E-state index >= 15 is 0 Å². The third-order valence-corrected chi connectivity index (χ3v) is 7.17. The topological polar surface area (TPSA) is 105 Å². The number of carbonyl (C=O) groups is 2. The summed E-state index contributed by atoms with van der Waals surface area (Å²) in [4.78, 5) is 26.1. The average molecular weight is 446 g/mol. The number of nitrogens with zero attached hydrogens (tertiary/aromatic N) is 2. The summed E-state index contributed by atoms with van der Waals surface area (Å²) in [5, 5.41) is 2.69. The molecule has 0 aromatic heterocycles. The maximum absolute atomic E-state index is 12.8. The number of rotatable bonds is 8. The highest BCUT2D eigenvalue weighted by molar-refractivity contribution is 7.98. The molecular weight excluding hydrogens is 418 g/mol. The van der Waals surface area contributed by atoms with Crippen LogP contribution in [0.1, 0.15) is 6.42 Å². The van der Waals surface area contributed by atoms with E-state index in [4.69, 9.17) is 9.47 Å². The minimum Gasteiger partial charge on any atom is -0.497 e. The zero-order chi connectivity index (χ0) is 21.4. The molecule has 1 saturated heterocycles. The van der Waals surface area contributed by atoms with Crippen molar-refractivity contribution < 1.29 is 27.5 Å². The first-order valence-corrected chi connectivity index (χ1v) is 11.9. The van der Waals surface area contributed by atoms with E-state index in [1.54, 1.807) is 23.9 Å². The Morgan fingerprint density at radius 3 is 2.28 bits per heavy atom. The van der Waals surface area contributed by atoms with Crippen molar-refractivity contribution in [2.45, 2.75) is 17.4 Å². The molecule has 1 aliphatic rings. The normalized spacial score (nSPS) is 16.2. The number of carbonyl (C=O) groups excluding carboxylic acids is 2. The first-order valence-electron chi connectivity index (χ1n) is 9.10. The van der Waals surface area contributed by atoms with Crippen molar-refractivity contribution in [3.63, 3.8) is 0 Å². The molecule has 11 heteroatoms. The number of hydrogen-bond acceptors (Lipinski definition) is 7. The van der Waals surface area contributed by atoms with Crippen molar-refractivity contribution >= 4 is 33.8 Å². The molecule has 0 aliphatic carbocycles. The molecule has 2 rings (SSSR count). The van der Waals surface area contributed by atoms with Gasteiger partial charge in [-0.1, -0.05) is 0 Å². The lowest BCUT2D eigenvalue weighted by Gasteiger charge is -2.34. The van der Waals surface area contributed by atoms with Gasteiger partial charge in [0, 0.05) is 26.2 Å². The molecule has 1 heterocycles. The van der Waals surface area contributed by atoms with E-state index in [-0.39, 0.29) is 31.1 Å². The number of urea groups is 1. The fourth-order valence-corrected chi connectivity index (χ4v) is 4.79. The number of ether oxygens (including phenoxy) is 2. The van der Waals surface area contributed by atoms with Gasteiger partial charge in [0.05, 0.1) is 19.1 Å². The number of piperazine rings is 1. The summed E-state index contributed by atoms with van der Waals surface area (Å²) in [6.45, 7) is 0.820. The van der Waals surface area contributed by atoms with Gasteiger partial charge < -0.3 is 19.7 Å². The number of amides is 2. The molecule has 9 nitrogen and oxygen atoms in total. The molecule has 29 heavy (non-hydrogen) atoms. The van der Waals surface area contributed by atoms with Gasteiger partial charge in [0.2, 0.25) is 10.0 Å². The van der Waals surface area contributed by atoms with Crippen LogP contribution in [0.25, 0.3) is 0 Å². The van der Waals surface area contributed by atoms with E-state index in [9.17, 15) is 18.0 Å². The minimum atomic E-state index is -3.65. The van der Waals surface area contributed by atoms with Crippen molar-refractivity contribution in [2.75, 3.05) is 52.4 Å². The first-order chi connectivity index (χ1) is 13.8. The summed E-state index contributed by atoms with van der Waals surface area (Å²) in [6.07, 6.45) is 2.38. The van der Waals surface area contributed by atoms with Crippen LogP contribution >= 0.6 is 11.8 Å². The Morgan fingerprint density at radius 1 is 1.14 bits per heavy atom. The summed E-state index contributed by atoms with van der Waals surface area (Å²) >= 11 is 1.57. The zero-order valence-electron chi connectivity index (χ0n) is 16.8. The Morgan fingerprint density at radius 2 is 1.76 bits per heavy atom. The van der Waals surface area contributed by atoms with Crippen LogP contribution in [0, 0.1) is 0 Å². The van der Waals surface area contributed by atoms with Crippen molar-refractivity contribution in [3.8, 4) is 5.75 Å². The van der Waals surface area contributed by atoms with Gasteiger partial charge in [0.1, 0.15) is 11.8 Å². The highest BCUT2D eigenvalue weighted by atomic mass is 32.2. The average Bonchev–Trinajstić information content (AvgIpc) is 2.76. The maximum atomic E-state index is 12.8. The van der Waals surface area contributed by atoms with Gasteiger partial charge in [-0.3, -0.25) is 0 Å². The van der Waals surface area contributed by atoms with Crippen LogP contribution < -0.4 is 10.1 Å². The molecular formula is C18H27N3O6S2. The van der Waals surface area contributed by atoms with Crippen LogP contribution in [0.5, 0.6) is 5.75 Å². The van der Waals surface area contributed by atoms with Gasteiger partial charge >= 0.3 is 12.0 Å². The highest BCUT2D eigenvalue weighted by Gasteiger charge is 2.31. The van der Waals surface area contributed by atoms with Crippen LogP contribution in [0.4, 0.5) is 4.79 Å². The zero-order valence-corrected chi connectivity index (χ0v) is 18.4. The predicted molar refractivity (Wildman–Crippen MR) is 111 cm³/mol. The number of hydrogen-bond donors (Lipinski definition) is 1. The monoisotopic (exact) mass is 445 g/mol. The van der Waals surface area contributed by atoms with E-state index in [1.807, 2.05) is 6.26 Å². The number of benzene rings is 1. The number of nitrogens with one attached hydrogen (secondary N) is 1. The van der Waals surface area contributed by atoms with E-state index in [0.29, 0.717) is 17.9 Å². The lowest BCUT2D eigenvalue weighted by atomic mass is 10.2. The lowest BCUT2D eigenvalue weighted by molar-refractivity contribution is -0.142. The molecule has 162 valence electrons. The molecule has 0 saturated carbocycles. The molecule has 0 bridgehead atoms. The first kappa shape index (κ1) is 23.3. The Labute approximate surface area is 175 Å². The summed E-state index contributed by atoms with van der Waals surface area (Å²) in [7, 11) is -0.851. The summed E-state index contributed by atoms with van der Waals surface area (Å²) in [6, 6.07) is 5.07. The fourth-order valence-electron chi connectivity index (χ4n) is 2.90. The quantitative estimate of drug-likeness (QED) is 0.595. The third-order valence-electron chi connectivity index (χ3n) is 4.62. The van der Waals surface area contributed by atoms with E-state index in [2.05, 4.69) is 5.32 Å². The largest absolute Gasteiger partial charge is 0.497 e. The highest BCUT2D eigenvalue weighted by Crippen LogP contribution is 2.20. The van der Waals surface area contributed by atoms with Crippen LogP contribution in [-0.4, -0.2) is 88.1 Å². The SMILES string of the molecule is COC(=O)C(CCSC)NC(=O)N1CCN(S(=O)(=O)c2ccc(OC)cc2)CC1. The fraction of sp³-hybridized carbons (Fsp3) is 0.556. The molecule has 1 aliphatic heterocycles. The van der Waals surface area contributed by atoms with Crippen molar-refractivity contribution in [1.82, 2.24) is 14.5 Å². The smallest absolute Gasteiger partial charge is 0.328 e. The van der Waals surface area contributed by atoms with Crippen molar-refractivity contribution in [1.29, 1.82) is 0 Å². The van der Waals surface area contributed by atoms with Gasteiger partial charge in [-0.05, 0) is 42.7 Å². The van der Waals surface area contributed by atoms with Crippen LogP contribution in [-0.2, 0) is 19.6 Å². The van der Waals surface area contributed by atoms with Crippen molar-refractivity contribution in [2.24, 2.45) is 0 Å². The Kier molecular flexibility index (Phi) is 8.60. The predicted octanol–water partition coefficient (Wildman–Crippen LogP) is 1.01. The second-order valence-corrected chi connectivity index (χ2v) is 9.30. The van der Waals surface area contributed by atoms with Gasteiger partial charge in [-0.15, -0.1) is 0 Å². The van der Waals surface area contributed by atoms with Gasteiger partial charge in [0.15, 0.2) is 0 Å². The van der Waals surface area contributed by atoms with Gasteiger partial charge in [-0.25, -0.2) is 18.0 Å². The van der Waals surface area contributed by atoms with E-state index < -0.39 is 28.1 Å². The molecule has 1 fully saturated rings. The molecule has 1 aromatic rings. The Hall–Kier alpha value is -1.98. The number of esters is 1. The minimum absolute atomic E-state index is 0.176. The van der Waals surface area contributed by atoms with Crippen LogP contribution in [0.3, 0.4) is 0 Å². The molecule has 0 radical (unpaired) electrons. The Balaban J connectivity index is 1.96. The summed E-state index contributed by atoms with van der Waals surface area (Å²) < 4.78 is 36.7. The summed E-state index contributed by atoms with van der Waals surface area (Å²) in [5.74, 6) is 0.786. The maximum Gasteiger partial charge on any atom is 0.328 e. The molecule has 1 N–H and O–H groups in total. The van der Waals surface area contributed by atoms with Gasteiger partial charge in [-0.2, -0.15) is 16.1 Å². The Bertz CT molecular complexity index is 792. The molecule has 2 amide bonds. The van der Waals surface area contributed by atoms with E-state index in [0.717, 1.165) is 0 Å². The van der Waals surface area contributed by atoms with Gasteiger partial charge in [0.25, 0.3) is 0 Å². The standard InChI is InChI=1S/C18H27N3O6S2/c1-26-14-4-6-15(7-5-14)29(24,25)21-11-9-20(10-12-21)18(23)19-16(8-13-28-3)17(22)27-2/h4-7,16H,8-13H2,1-3H3,(H,19,23). The van der Waals surface area contributed by atoms with E-state index in [1.165, 1.54) is 35.6 Å². The number of methoxy groups -OCH3 is 2. The number of sulfonamides is 1. The summed E-state index contributed by atoms with van der Waals surface area (Å²) in [5.41, 5.74) is 0. The second-order valence-electron chi connectivity index (χ2n) is 6.37.